The first-order valence-corrected chi connectivity index (χ1v) is 7.75. The molecule has 2 rings (SSSR count). The number of rotatable bonds is 7. The number of anilines is 2. The molecule has 0 aliphatic carbocycles. The Morgan fingerprint density at radius 2 is 2.10 bits per heavy atom. The first-order valence-electron chi connectivity index (χ1n) is 7.75. The average molecular weight is 293 g/mol. The summed E-state index contributed by atoms with van der Waals surface area (Å²) >= 11 is 0. The first-order chi connectivity index (χ1) is 10.1. The van der Waals surface area contributed by atoms with Gasteiger partial charge in [-0.2, -0.15) is 0 Å². The normalized spacial score (nSPS) is 16.1. The second-order valence-electron chi connectivity index (χ2n) is 5.65. The summed E-state index contributed by atoms with van der Waals surface area (Å²) in [6.45, 7) is 9.89. The second kappa shape index (κ2) is 8.10. The lowest BCUT2D eigenvalue weighted by Crippen LogP contribution is -2.37. The number of nitrogens with two attached hydrogens (primary N) is 1. The molecular weight excluding hydrogens is 266 g/mol. The number of nitrogen functional groups attached to an aromatic ring is 1. The zero-order valence-electron chi connectivity index (χ0n) is 13.1. The number of morpholine rings is 1. The Balaban J connectivity index is 1.74. The number of hydrogen-bond acceptors (Lipinski definition) is 5. The lowest BCUT2D eigenvalue weighted by atomic mass is 10.2. The standard InChI is InChI=1S/C16H27N3O2/c1-13(2)21-16-12-14(4-5-15(16)17)18-6-3-7-19-8-10-20-11-9-19/h4-5,12-13,18H,3,6-11,17H2,1-2H3. The molecule has 0 spiro atoms. The highest BCUT2D eigenvalue weighted by Gasteiger charge is 2.09. The molecule has 0 saturated carbocycles. The number of nitrogens with one attached hydrogen (secondary N) is 1. The summed E-state index contributed by atoms with van der Waals surface area (Å²) in [5, 5.41) is 3.43. The van der Waals surface area contributed by atoms with Crippen LogP contribution in [0, 0.1) is 0 Å². The van der Waals surface area contributed by atoms with E-state index in [-0.39, 0.29) is 6.10 Å². The van der Waals surface area contributed by atoms with E-state index < -0.39 is 0 Å². The zero-order valence-corrected chi connectivity index (χ0v) is 13.1. The van der Waals surface area contributed by atoms with Crippen LogP contribution in [0.25, 0.3) is 0 Å². The lowest BCUT2D eigenvalue weighted by molar-refractivity contribution is 0.0378. The van der Waals surface area contributed by atoms with E-state index in [2.05, 4.69) is 10.2 Å². The van der Waals surface area contributed by atoms with Crippen molar-refractivity contribution in [1.82, 2.24) is 4.90 Å². The van der Waals surface area contributed by atoms with Crippen molar-refractivity contribution in [2.45, 2.75) is 26.4 Å². The number of hydrogen-bond donors (Lipinski definition) is 2. The molecule has 0 radical (unpaired) electrons. The Morgan fingerprint density at radius 3 is 2.81 bits per heavy atom. The predicted octanol–water partition coefficient (Wildman–Crippen LogP) is 2.19. The van der Waals surface area contributed by atoms with E-state index in [4.69, 9.17) is 15.2 Å². The minimum atomic E-state index is 0.129. The van der Waals surface area contributed by atoms with Gasteiger partial charge in [0.25, 0.3) is 0 Å². The molecule has 1 saturated heterocycles. The second-order valence-corrected chi connectivity index (χ2v) is 5.65. The van der Waals surface area contributed by atoms with Gasteiger partial charge in [-0.05, 0) is 38.9 Å². The third-order valence-electron chi connectivity index (χ3n) is 3.46. The molecule has 0 atom stereocenters. The Labute approximate surface area is 127 Å². The van der Waals surface area contributed by atoms with Crippen molar-refractivity contribution < 1.29 is 9.47 Å². The molecule has 0 unspecified atom stereocenters. The fourth-order valence-electron chi connectivity index (χ4n) is 2.36. The molecule has 5 heteroatoms. The van der Waals surface area contributed by atoms with Crippen LogP contribution in [0.5, 0.6) is 5.75 Å². The molecule has 5 nitrogen and oxygen atoms in total. The summed E-state index contributed by atoms with van der Waals surface area (Å²) < 4.78 is 11.0. The van der Waals surface area contributed by atoms with Crippen LogP contribution in [0.15, 0.2) is 18.2 Å². The molecule has 1 aliphatic rings. The Kier molecular flexibility index (Phi) is 6.14. The maximum absolute atomic E-state index is 5.92. The average Bonchev–Trinajstić information content (AvgIpc) is 2.47. The molecule has 1 fully saturated rings. The molecule has 0 aromatic heterocycles. The monoisotopic (exact) mass is 293 g/mol. The van der Waals surface area contributed by atoms with Crippen LogP contribution >= 0.6 is 0 Å². The van der Waals surface area contributed by atoms with E-state index in [9.17, 15) is 0 Å². The quantitative estimate of drug-likeness (QED) is 0.596. The van der Waals surface area contributed by atoms with Crippen molar-refractivity contribution in [1.29, 1.82) is 0 Å². The summed E-state index contributed by atoms with van der Waals surface area (Å²) in [6.07, 6.45) is 1.24. The Hall–Kier alpha value is -1.46. The van der Waals surface area contributed by atoms with E-state index in [1.54, 1.807) is 0 Å². The maximum atomic E-state index is 5.92. The third-order valence-corrected chi connectivity index (χ3v) is 3.46. The van der Waals surface area contributed by atoms with E-state index >= 15 is 0 Å². The van der Waals surface area contributed by atoms with Gasteiger partial charge in [-0.25, -0.2) is 0 Å². The Morgan fingerprint density at radius 1 is 1.33 bits per heavy atom. The van der Waals surface area contributed by atoms with Crippen molar-refractivity contribution in [3.63, 3.8) is 0 Å². The highest BCUT2D eigenvalue weighted by molar-refractivity contribution is 5.61. The van der Waals surface area contributed by atoms with Gasteiger partial charge in [-0.15, -0.1) is 0 Å². The Bertz CT molecular complexity index is 432. The molecule has 0 bridgehead atoms. The number of benzene rings is 1. The van der Waals surface area contributed by atoms with Gasteiger partial charge in [0.2, 0.25) is 0 Å². The third kappa shape index (κ3) is 5.44. The molecular formula is C16H27N3O2. The van der Waals surface area contributed by atoms with Crippen LogP contribution in [0.4, 0.5) is 11.4 Å². The molecule has 1 aliphatic heterocycles. The summed E-state index contributed by atoms with van der Waals surface area (Å²) in [5.41, 5.74) is 7.66. The summed E-state index contributed by atoms with van der Waals surface area (Å²) in [5.74, 6) is 0.753. The molecule has 118 valence electrons. The summed E-state index contributed by atoms with van der Waals surface area (Å²) in [7, 11) is 0. The number of nitrogens with zero attached hydrogens (tertiary/aromatic N) is 1. The first kappa shape index (κ1) is 15.9. The van der Waals surface area contributed by atoms with Gasteiger partial charge in [-0.1, -0.05) is 0 Å². The molecule has 0 amide bonds. The molecule has 1 aromatic carbocycles. The van der Waals surface area contributed by atoms with Gasteiger partial charge < -0.3 is 20.5 Å². The topological polar surface area (TPSA) is 59.8 Å². The van der Waals surface area contributed by atoms with Gasteiger partial charge in [-0.3, -0.25) is 4.90 Å². The van der Waals surface area contributed by atoms with Crippen LogP contribution < -0.4 is 15.8 Å². The van der Waals surface area contributed by atoms with Crippen molar-refractivity contribution in [2.24, 2.45) is 0 Å². The van der Waals surface area contributed by atoms with Crippen LogP contribution in [-0.4, -0.2) is 50.4 Å². The maximum Gasteiger partial charge on any atom is 0.144 e. The van der Waals surface area contributed by atoms with Gasteiger partial charge >= 0.3 is 0 Å². The minimum absolute atomic E-state index is 0.129. The summed E-state index contributed by atoms with van der Waals surface area (Å²) in [6, 6.07) is 5.86. The van der Waals surface area contributed by atoms with E-state index in [0.29, 0.717) is 5.69 Å². The van der Waals surface area contributed by atoms with Crippen LogP contribution in [0.3, 0.4) is 0 Å². The number of ether oxygens (including phenoxy) is 2. The SMILES string of the molecule is CC(C)Oc1cc(NCCCN2CCOCC2)ccc1N. The fraction of sp³-hybridized carbons (Fsp3) is 0.625. The van der Waals surface area contributed by atoms with Crippen molar-refractivity contribution in [3.8, 4) is 5.75 Å². The van der Waals surface area contributed by atoms with E-state index in [0.717, 1.165) is 57.3 Å². The van der Waals surface area contributed by atoms with Gasteiger partial charge in [0.15, 0.2) is 0 Å². The minimum Gasteiger partial charge on any atom is -0.489 e. The van der Waals surface area contributed by atoms with Gasteiger partial charge in [0, 0.05) is 31.4 Å². The highest BCUT2D eigenvalue weighted by Crippen LogP contribution is 2.26. The van der Waals surface area contributed by atoms with E-state index in [1.165, 1.54) is 0 Å². The van der Waals surface area contributed by atoms with Crippen molar-refractivity contribution >= 4 is 11.4 Å². The zero-order chi connectivity index (χ0) is 15.1. The molecule has 21 heavy (non-hydrogen) atoms. The summed E-state index contributed by atoms with van der Waals surface area (Å²) in [4.78, 5) is 2.45. The largest absolute Gasteiger partial charge is 0.489 e. The molecule has 3 N–H and O–H groups in total. The lowest BCUT2D eigenvalue weighted by Gasteiger charge is -2.26. The van der Waals surface area contributed by atoms with Gasteiger partial charge in [0.1, 0.15) is 5.75 Å². The predicted molar refractivity (Wildman–Crippen MR) is 87.0 cm³/mol. The van der Waals surface area contributed by atoms with Gasteiger partial charge in [0.05, 0.1) is 25.0 Å². The van der Waals surface area contributed by atoms with Crippen LogP contribution in [-0.2, 0) is 4.74 Å². The van der Waals surface area contributed by atoms with E-state index in [1.807, 2.05) is 32.0 Å². The van der Waals surface area contributed by atoms with Crippen LogP contribution in [0.1, 0.15) is 20.3 Å². The highest BCUT2D eigenvalue weighted by atomic mass is 16.5. The van der Waals surface area contributed by atoms with Crippen molar-refractivity contribution in [3.05, 3.63) is 18.2 Å². The molecule has 1 aromatic rings. The van der Waals surface area contributed by atoms with Crippen molar-refractivity contribution in [2.75, 3.05) is 50.4 Å². The van der Waals surface area contributed by atoms with Crippen LogP contribution in [0.2, 0.25) is 0 Å². The fourth-order valence-corrected chi connectivity index (χ4v) is 2.36. The smallest absolute Gasteiger partial charge is 0.144 e. The molecule has 1 heterocycles.